The molecule has 1 N–H and O–H groups in total. The quantitative estimate of drug-likeness (QED) is 0.791. The van der Waals surface area contributed by atoms with E-state index < -0.39 is 0 Å². The Morgan fingerprint density at radius 1 is 1.29 bits per heavy atom. The molecule has 0 radical (unpaired) electrons. The lowest BCUT2D eigenvalue weighted by Gasteiger charge is -2.35. The molecule has 1 atom stereocenters. The van der Waals surface area contributed by atoms with Crippen LogP contribution in [0.3, 0.4) is 0 Å². The number of methoxy groups -OCH3 is 1. The fraction of sp³-hybridized carbons (Fsp3) is 0.500. The van der Waals surface area contributed by atoms with Gasteiger partial charge in [-0.05, 0) is 57.0 Å². The predicted octanol–water partition coefficient (Wildman–Crippen LogP) is 3.66. The maximum absolute atomic E-state index is 12.9. The van der Waals surface area contributed by atoms with Gasteiger partial charge in [-0.15, -0.1) is 0 Å². The summed E-state index contributed by atoms with van der Waals surface area (Å²) in [6.45, 7) is 6.63. The second-order valence-corrected chi connectivity index (χ2v) is 7.29. The van der Waals surface area contributed by atoms with Crippen LogP contribution in [0.25, 0.3) is 0 Å². The van der Waals surface area contributed by atoms with Crippen molar-refractivity contribution in [1.82, 2.24) is 20.2 Å². The molecule has 0 bridgehead atoms. The molecule has 0 saturated carbocycles. The summed E-state index contributed by atoms with van der Waals surface area (Å²) in [5.41, 5.74) is 2.48. The van der Waals surface area contributed by atoms with E-state index in [0.717, 1.165) is 42.9 Å². The molecule has 1 saturated heterocycles. The number of carbonyl (C=O) groups is 1. The first-order valence-corrected chi connectivity index (χ1v) is 10.1. The van der Waals surface area contributed by atoms with Gasteiger partial charge < -0.3 is 10.1 Å². The zero-order chi connectivity index (χ0) is 19.9. The average molecular weight is 383 g/mol. The lowest BCUT2D eigenvalue weighted by Crippen LogP contribution is -2.36. The van der Waals surface area contributed by atoms with Gasteiger partial charge in [-0.1, -0.05) is 25.5 Å². The first-order valence-electron chi connectivity index (χ1n) is 10.1. The molecule has 0 aliphatic carbocycles. The number of nitrogens with zero attached hydrogens (tertiary/aromatic N) is 3. The third kappa shape index (κ3) is 4.87. The molecular formula is C22H30N4O2. The van der Waals surface area contributed by atoms with Crippen molar-refractivity contribution in [2.24, 2.45) is 0 Å². The van der Waals surface area contributed by atoms with Crippen LogP contribution in [0.4, 0.5) is 0 Å². The van der Waals surface area contributed by atoms with Crippen molar-refractivity contribution in [2.75, 3.05) is 20.2 Å². The molecule has 2 aromatic rings. The highest BCUT2D eigenvalue weighted by Gasteiger charge is 2.28. The summed E-state index contributed by atoms with van der Waals surface area (Å²) in [7, 11) is 1.64. The average Bonchev–Trinajstić information content (AvgIpc) is 2.73. The first kappa shape index (κ1) is 20.3. The highest BCUT2D eigenvalue weighted by Crippen LogP contribution is 2.31. The number of hydrogen-bond acceptors (Lipinski definition) is 5. The van der Waals surface area contributed by atoms with E-state index >= 15 is 0 Å². The molecule has 0 unspecified atom stereocenters. The highest BCUT2D eigenvalue weighted by atomic mass is 16.5. The van der Waals surface area contributed by atoms with Gasteiger partial charge in [0.25, 0.3) is 5.91 Å². The molecule has 1 aliphatic rings. The summed E-state index contributed by atoms with van der Waals surface area (Å²) in [4.78, 5) is 24.4. The zero-order valence-corrected chi connectivity index (χ0v) is 17.1. The van der Waals surface area contributed by atoms with Crippen LogP contribution in [-0.2, 0) is 6.54 Å². The Hall–Kier alpha value is -2.47. The van der Waals surface area contributed by atoms with Crippen LogP contribution in [-0.4, -0.2) is 41.0 Å². The maximum Gasteiger partial charge on any atom is 0.255 e. The summed E-state index contributed by atoms with van der Waals surface area (Å²) < 4.78 is 5.18. The molecule has 28 heavy (non-hydrogen) atoms. The standard InChI is InChI=1S/C22H30N4O2/c1-4-12-26-13-6-5-7-20(26)21-19(15-23-16(2)25-21)22(27)24-14-17-8-10-18(28-3)11-9-17/h8-11,15,20H,4-7,12-14H2,1-3H3,(H,24,27)/t20-/m1/s1. The Morgan fingerprint density at radius 2 is 2.07 bits per heavy atom. The third-order valence-electron chi connectivity index (χ3n) is 5.24. The van der Waals surface area contributed by atoms with E-state index in [1.54, 1.807) is 13.3 Å². The number of rotatable bonds is 7. The fourth-order valence-electron chi connectivity index (χ4n) is 3.79. The second kappa shape index (κ2) is 9.64. The Balaban J connectivity index is 1.77. The van der Waals surface area contributed by atoms with Crippen molar-refractivity contribution >= 4 is 5.91 Å². The molecule has 1 amide bonds. The molecule has 1 fully saturated rings. The number of ether oxygens (including phenoxy) is 1. The minimum atomic E-state index is -0.118. The molecule has 3 rings (SSSR count). The normalized spacial score (nSPS) is 17.3. The van der Waals surface area contributed by atoms with Crippen molar-refractivity contribution in [3.63, 3.8) is 0 Å². The zero-order valence-electron chi connectivity index (χ0n) is 17.1. The number of nitrogens with one attached hydrogen (secondary N) is 1. The summed E-state index contributed by atoms with van der Waals surface area (Å²) in [6.07, 6.45) is 6.19. The van der Waals surface area contributed by atoms with Crippen LogP contribution in [0.5, 0.6) is 5.75 Å². The minimum absolute atomic E-state index is 0.118. The van der Waals surface area contributed by atoms with Gasteiger partial charge in [0.1, 0.15) is 11.6 Å². The Bertz CT molecular complexity index is 790. The van der Waals surface area contributed by atoms with Crippen LogP contribution < -0.4 is 10.1 Å². The number of amides is 1. The van der Waals surface area contributed by atoms with E-state index in [1.165, 1.54) is 12.8 Å². The van der Waals surface area contributed by atoms with Gasteiger partial charge >= 0.3 is 0 Å². The van der Waals surface area contributed by atoms with Gasteiger partial charge in [0.15, 0.2) is 0 Å². The van der Waals surface area contributed by atoms with Gasteiger partial charge in [0.2, 0.25) is 0 Å². The summed E-state index contributed by atoms with van der Waals surface area (Å²) in [5.74, 6) is 1.40. The van der Waals surface area contributed by atoms with E-state index in [4.69, 9.17) is 9.72 Å². The van der Waals surface area contributed by atoms with Crippen LogP contribution in [0.15, 0.2) is 30.5 Å². The van der Waals surface area contributed by atoms with Crippen molar-refractivity contribution in [3.05, 3.63) is 53.1 Å². The SMILES string of the molecule is CCCN1CCCC[C@@H]1c1nc(C)ncc1C(=O)NCc1ccc(OC)cc1. The van der Waals surface area contributed by atoms with E-state index in [1.807, 2.05) is 31.2 Å². The number of aromatic nitrogens is 2. The number of piperidine rings is 1. The van der Waals surface area contributed by atoms with Crippen molar-refractivity contribution < 1.29 is 9.53 Å². The number of carbonyl (C=O) groups excluding carboxylic acids is 1. The number of likely N-dealkylation sites (tertiary alicyclic amines) is 1. The van der Waals surface area contributed by atoms with Gasteiger partial charge in [0, 0.05) is 12.7 Å². The van der Waals surface area contributed by atoms with E-state index in [0.29, 0.717) is 17.9 Å². The number of benzene rings is 1. The largest absolute Gasteiger partial charge is 0.497 e. The van der Waals surface area contributed by atoms with Crippen LogP contribution in [0.2, 0.25) is 0 Å². The molecule has 2 heterocycles. The molecule has 6 heteroatoms. The van der Waals surface area contributed by atoms with E-state index in [9.17, 15) is 4.79 Å². The second-order valence-electron chi connectivity index (χ2n) is 7.29. The van der Waals surface area contributed by atoms with E-state index in [2.05, 4.69) is 22.1 Å². The lowest BCUT2D eigenvalue weighted by molar-refractivity contribution is 0.0940. The van der Waals surface area contributed by atoms with Crippen molar-refractivity contribution in [2.45, 2.75) is 52.1 Å². The Kier molecular flexibility index (Phi) is 6.98. The maximum atomic E-state index is 12.9. The molecule has 1 aliphatic heterocycles. The lowest BCUT2D eigenvalue weighted by atomic mass is 9.96. The van der Waals surface area contributed by atoms with Gasteiger partial charge in [-0.25, -0.2) is 9.97 Å². The molecule has 6 nitrogen and oxygen atoms in total. The fourth-order valence-corrected chi connectivity index (χ4v) is 3.79. The highest BCUT2D eigenvalue weighted by molar-refractivity contribution is 5.95. The van der Waals surface area contributed by atoms with Gasteiger partial charge in [-0.3, -0.25) is 9.69 Å². The molecule has 0 spiro atoms. The van der Waals surface area contributed by atoms with Crippen LogP contribution in [0.1, 0.15) is 66.1 Å². The Morgan fingerprint density at radius 3 is 2.79 bits per heavy atom. The first-order chi connectivity index (χ1) is 13.6. The predicted molar refractivity (Wildman–Crippen MR) is 109 cm³/mol. The number of aryl methyl sites for hydroxylation is 1. The number of hydrogen-bond donors (Lipinski definition) is 1. The summed E-state index contributed by atoms with van der Waals surface area (Å²) in [6, 6.07) is 7.89. The smallest absolute Gasteiger partial charge is 0.255 e. The molecule has 1 aromatic carbocycles. The topological polar surface area (TPSA) is 67.4 Å². The summed E-state index contributed by atoms with van der Waals surface area (Å²) >= 11 is 0. The van der Waals surface area contributed by atoms with E-state index in [-0.39, 0.29) is 11.9 Å². The Labute approximate surface area is 167 Å². The third-order valence-corrected chi connectivity index (χ3v) is 5.24. The minimum Gasteiger partial charge on any atom is -0.497 e. The monoisotopic (exact) mass is 382 g/mol. The molecular weight excluding hydrogens is 352 g/mol. The summed E-state index contributed by atoms with van der Waals surface area (Å²) in [5, 5.41) is 3.02. The van der Waals surface area contributed by atoms with Crippen molar-refractivity contribution in [1.29, 1.82) is 0 Å². The van der Waals surface area contributed by atoms with Gasteiger partial charge in [0.05, 0.1) is 24.4 Å². The van der Waals surface area contributed by atoms with Crippen LogP contribution in [0, 0.1) is 6.92 Å². The van der Waals surface area contributed by atoms with Crippen molar-refractivity contribution in [3.8, 4) is 5.75 Å². The van der Waals surface area contributed by atoms with Crippen LogP contribution >= 0.6 is 0 Å². The molecule has 150 valence electrons. The molecule has 1 aromatic heterocycles. The van der Waals surface area contributed by atoms with Gasteiger partial charge in [-0.2, -0.15) is 0 Å².